The standard InChI is InChI=1S/C22H20FN5O2.C22H21N5O2.C20H21N7O2.C20H20N6O2/c1-13-10-26-22(27-11-13)30-18-9-14-8-17(18)28(12-14)21(29)15-4-2-5-16(23)19(15)20-24-6-3-7-25-20;1-14-11-26-20(12-25-14)29-19-10-15-9-18(19)27(13-15)22(28)17-6-3-2-5-16(17)21-23-7-4-8-24-21;1-12-9-21-20(22-10-12)29-17-8-14-7-16(17)26(11-14)19(28)18-15(4-3-13(2)25-18)27-23-5-6-24-27;1-13-10-21-20(22-11-13)28-18-9-14-8-17(18)25(12-14)19(27)15-4-2-3-5-16(15)26-23-6-7-24-26/h2-7,10-11,14,17-18H,8-9,12H2,1H3;2-8,11-12,15,18-19H,9-10,13H2,1H3;3-6,9-10,14,16-17H,7-8,11H2,1-2H3;2-7,10-11,14,17-18H,8-9,12H2,1H3. The molecular formula is C84H82FN23O8. The molecule has 0 spiro atoms. The van der Waals surface area contributed by atoms with Crippen LogP contribution in [0.25, 0.3) is 34.2 Å². The van der Waals surface area contributed by atoms with E-state index in [1.165, 1.54) is 34.1 Å². The third-order valence-corrected chi connectivity index (χ3v) is 22.4. The fourth-order valence-corrected chi connectivity index (χ4v) is 17.3. The topological polar surface area (TPSA) is 347 Å². The van der Waals surface area contributed by atoms with Gasteiger partial charge in [0.1, 0.15) is 35.9 Å². The minimum Gasteiger partial charge on any atom is -0.471 e. The van der Waals surface area contributed by atoms with E-state index in [-0.39, 0.29) is 89.2 Å². The molecule has 8 aliphatic rings. The number of carbonyl (C=O) groups excluding carboxylic acids is 4. The van der Waals surface area contributed by atoms with Crippen LogP contribution in [0.4, 0.5) is 4.39 Å². The Morgan fingerprint density at radius 1 is 0.353 bits per heavy atom. The average molecular weight is 1560 g/mol. The fraction of sp³-hybridized carbons (Fsp3) is 0.345. The number of hydrogen-bond acceptors (Lipinski definition) is 25. The van der Waals surface area contributed by atoms with E-state index in [9.17, 15) is 23.6 Å². The van der Waals surface area contributed by atoms with Crippen LogP contribution in [-0.4, -0.2) is 213 Å². The maximum absolute atomic E-state index is 14.7. The first-order chi connectivity index (χ1) is 56.6. The Labute approximate surface area is 666 Å². The van der Waals surface area contributed by atoms with E-state index < -0.39 is 5.82 Å². The Bertz CT molecular complexity index is 5480. The number of piperidine rings is 4. The Balaban J connectivity index is 0.000000111. The highest BCUT2D eigenvalue weighted by molar-refractivity contribution is 6.02. The molecule has 8 fully saturated rings. The Morgan fingerprint density at radius 2 is 0.767 bits per heavy atom. The molecule has 0 N–H and O–H groups in total. The van der Waals surface area contributed by atoms with E-state index in [1.54, 1.807) is 110 Å². The summed E-state index contributed by atoms with van der Waals surface area (Å²) in [4.78, 5) is 120. The lowest BCUT2D eigenvalue weighted by atomic mass is 10.0. The highest BCUT2D eigenvalue weighted by Gasteiger charge is 2.53. The maximum atomic E-state index is 14.7. The molecule has 13 heterocycles. The summed E-state index contributed by atoms with van der Waals surface area (Å²) in [5, 5.41) is 16.7. The van der Waals surface area contributed by atoms with Crippen LogP contribution in [0.3, 0.4) is 0 Å². The van der Waals surface area contributed by atoms with Crippen molar-refractivity contribution >= 4 is 23.6 Å². The largest absolute Gasteiger partial charge is 0.471 e. The number of likely N-dealkylation sites (tertiary alicyclic amines) is 4. The van der Waals surface area contributed by atoms with Crippen LogP contribution in [0.5, 0.6) is 23.9 Å². The number of aryl methyl sites for hydroxylation is 5. The van der Waals surface area contributed by atoms with Crippen molar-refractivity contribution in [2.75, 3.05) is 26.2 Å². The second kappa shape index (κ2) is 33.0. The van der Waals surface area contributed by atoms with Gasteiger partial charge in [0.2, 0.25) is 5.88 Å². The van der Waals surface area contributed by atoms with Gasteiger partial charge in [0.15, 0.2) is 17.3 Å². The normalized spacial score (nSPS) is 22.7. The first kappa shape index (κ1) is 75.3. The number of pyridine rings is 1. The number of carbonyl (C=O) groups is 4. The van der Waals surface area contributed by atoms with Crippen LogP contribution in [-0.2, 0) is 0 Å². The zero-order valence-electron chi connectivity index (χ0n) is 64.2. The molecule has 20 rings (SSSR count). The van der Waals surface area contributed by atoms with Crippen molar-refractivity contribution in [3.05, 3.63) is 246 Å². The molecule has 12 aromatic rings. The number of amides is 4. The predicted molar refractivity (Wildman–Crippen MR) is 415 cm³/mol. The molecule has 12 unspecified atom stereocenters. The average Bonchev–Trinajstić information content (AvgIpc) is 1.67. The zero-order valence-corrected chi connectivity index (χ0v) is 64.2. The van der Waals surface area contributed by atoms with Crippen LogP contribution in [0.1, 0.15) is 121 Å². The number of benzene rings is 3. The first-order valence-electron chi connectivity index (χ1n) is 38.8. The molecular weight excluding hydrogens is 1480 g/mol. The van der Waals surface area contributed by atoms with Gasteiger partial charge in [-0.25, -0.2) is 64.2 Å². The summed E-state index contributed by atoms with van der Waals surface area (Å²) in [6, 6.07) is 27.5. The highest BCUT2D eigenvalue weighted by atomic mass is 19.1. The van der Waals surface area contributed by atoms with Crippen molar-refractivity contribution in [3.8, 4) is 58.1 Å². The molecule has 32 heteroatoms. The molecule has 116 heavy (non-hydrogen) atoms. The Morgan fingerprint density at radius 3 is 1.24 bits per heavy atom. The lowest BCUT2D eigenvalue weighted by Crippen LogP contribution is -2.47. The van der Waals surface area contributed by atoms with Gasteiger partial charge in [0.05, 0.1) is 95.0 Å². The summed E-state index contributed by atoms with van der Waals surface area (Å²) in [7, 11) is 0. The molecule has 31 nitrogen and oxygen atoms in total. The Kier molecular flexibility index (Phi) is 21.4. The summed E-state index contributed by atoms with van der Waals surface area (Å²) in [5.41, 5.74) is 8.52. The molecule has 8 bridgehead atoms. The molecule has 3 aromatic carbocycles. The van der Waals surface area contributed by atoms with Gasteiger partial charge in [-0.1, -0.05) is 36.4 Å². The summed E-state index contributed by atoms with van der Waals surface area (Å²) in [6.45, 7) is 12.4. The quantitative estimate of drug-likeness (QED) is 0.0868. The molecule has 588 valence electrons. The van der Waals surface area contributed by atoms with E-state index >= 15 is 0 Å². The van der Waals surface area contributed by atoms with Gasteiger partial charge < -0.3 is 38.5 Å². The maximum Gasteiger partial charge on any atom is 0.316 e. The smallest absolute Gasteiger partial charge is 0.316 e. The molecule has 4 aliphatic heterocycles. The van der Waals surface area contributed by atoms with Crippen LogP contribution in [0, 0.1) is 64.1 Å². The fourth-order valence-electron chi connectivity index (χ4n) is 17.3. The monoisotopic (exact) mass is 1560 g/mol. The number of para-hydroxylation sites is 1. The summed E-state index contributed by atoms with van der Waals surface area (Å²) in [6.07, 6.45) is 33.4. The van der Waals surface area contributed by atoms with Crippen LogP contribution < -0.4 is 18.9 Å². The first-order valence-corrected chi connectivity index (χ1v) is 38.8. The van der Waals surface area contributed by atoms with E-state index in [2.05, 4.69) is 85.2 Å². The summed E-state index contributed by atoms with van der Waals surface area (Å²) < 4.78 is 38.9. The van der Waals surface area contributed by atoms with Crippen molar-refractivity contribution in [3.63, 3.8) is 0 Å². The second-order valence-electron chi connectivity index (χ2n) is 30.5. The van der Waals surface area contributed by atoms with Gasteiger partial charge in [0.25, 0.3) is 23.6 Å². The predicted octanol–water partition coefficient (Wildman–Crippen LogP) is 9.79. The second-order valence-corrected chi connectivity index (χ2v) is 30.5. The number of aromatic nitrogens is 19. The van der Waals surface area contributed by atoms with Crippen molar-refractivity contribution in [2.45, 2.75) is 135 Å². The molecule has 4 aliphatic carbocycles. The van der Waals surface area contributed by atoms with E-state index in [0.717, 1.165) is 98.1 Å². The summed E-state index contributed by atoms with van der Waals surface area (Å²) in [5.74, 6) is 2.04. The van der Waals surface area contributed by atoms with Crippen molar-refractivity contribution in [1.29, 1.82) is 0 Å². The van der Waals surface area contributed by atoms with E-state index in [0.29, 0.717) is 94.7 Å². The SMILES string of the molecule is Cc1cnc(OC2CC3CC2N(C(=O)c2cccc(F)c2-c2ncccn2)C3)nc1.Cc1cnc(OC2CC3CC2N(C(=O)c2ccccc2-c2ncccn2)C3)cn1.Cc1cnc(OC2CC3CC2N(C(=O)c2ccccc2-n2nccn2)C3)nc1.Cc1cnc(OC2CC3CC2N(C(=O)c2nc(C)ccc2-n2nccn2)C3)nc1. The molecule has 4 amide bonds. The number of ether oxygens (including phenoxy) is 4. The number of fused-ring (bicyclic) bond motifs is 8. The number of rotatable bonds is 16. The molecule has 4 saturated carbocycles. The van der Waals surface area contributed by atoms with Gasteiger partial charge >= 0.3 is 18.0 Å². The van der Waals surface area contributed by atoms with Crippen LogP contribution in [0.2, 0.25) is 0 Å². The molecule has 0 radical (unpaired) electrons. The number of hydrogen-bond donors (Lipinski definition) is 0. The number of halogens is 1. The van der Waals surface area contributed by atoms with Crippen LogP contribution in [0.15, 0.2) is 190 Å². The molecule has 12 atom stereocenters. The minimum absolute atomic E-state index is 0.00356. The van der Waals surface area contributed by atoms with Crippen LogP contribution >= 0.6 is 0 Å². The summed E-state index contributed by atoms with van der Waals surface area (Å²) >= 11 is 0. The van der Waals surface area contributed by atoms with Crippen molar-refractivity contribution < 1.29 is 42.5 Å². The lowest BCUT2D eigenvalue weighted by molar-refractivity contribution is 0.0446. The van der Waals surface area contributed by atoms with Gasteiger partial charge in [-0.2, -0.15) is 25.2 Å². The zero-order chi connectivity index (χ0) is 79.5. The van der Waals surface area contributed by atoms with Gasteiger partial charge in [0, 0.05) is 99.4 Å². The lowest BCUT2D eigenvalue weighted by Gasteiger charge is -2.33. The van der Waals surface area contributed by atoms with Gasteiger partial charge in [-0.05, 0) is 181 Å². The molecule has 4 saturated heterocycles. The van der Waals surface area contributed by atoms with E-state index in [4.69, 9.17) is 18.9 Å². The van der Waals surface area contributed by atoms with Gasteiger partial charge in [-0.15, -0.1) is 4.80 Å². The van der Waals surface area contributed by atoms with Crippen molar-refractivity contribution in [1.82, 2.24) is 114 Å². The van der Waals surface area contributed by atoms with E-state index in [1.807, 2.05) is 110 Å². The third-order valence-electron chi connectivity index (χ3n) is 22.4. The molecule has 9 aromatic heterocycles. The van der Waals surface area contributed by atoms with Gasteiger partial charge in [-0.3, -0.25) is 24.2 Å². The third kappa shape index (κ3) is 16.0. The van der Waals surface area contributed by atoms with Crippen molar-refractivity contribution in [2.24, 2.45) is 23.7 Å². The minimum atomic E-state index is -0.516. The Hall–Kier alpha value is -13.4. The highest BCUT2D eigenvalue weighted by Crippen LogP contribution is 2.45. The number of nitrogens with zero attached hydrogens (tertiary/aromatic N) is 23.